The smallest absolute Gasteiger partial charge is 0.133 e. The fraction of sp³-hybridized carbons (Fsp3) is 0.529. The summed E-state index contributed by atoms with van der Waals surface area (Å²) in [5, 5.41) is 12.3. The Kier molecular flexibility index (Phi) is 3.58. The molecule has 1 aromatic carbocycles. The van der Waals surface area contributed by atoms with Crippen LogP contribution in [-0.4, -0.2) is 27.4 Å². The molecule has 1 atom stereocenters. The number of benzene rings is 1. The molecule has 0 fully saturated rings. The van der Waals surface area contributed by atoms with E-state index in [0.717, 1.165) is 62.8 Å². The van der Waals surface area contributed by atoms with E-state index < -0.39 is 0 Å². The second-order valence-corrected chi connectivity index (χ2v) is 6.15. The molecular weight excluding hydrogens is 276 g/mol. The normalized spacial score (nSPS) is 19.6. The van der Waals surface area contributed by atoms with E-state index in [2.05, 4.69) is 45.2 Å². The summed E-state index contributed by atoms with van der Waals surface area (Å²) in [6, 6.07) is 7.05. The predicted molar refractivity (Wildman–Crippen MR) is 84.0 cm³/mol. The van der Waals surface area contributed by atoms with E-state index >= 15 is 0 Å². The van der Waals surface area contributed by atoms with Crippen LogP contribution >= 0.6 is 0 Å². The van der Waals surface area contributed by atoms with Gasteiger partial charge in [-0.05, 0) is 23.6 Å². The minimum absolute atomic E-state index is 0.498. The summed E-state index contributed by atoms with van der Waals surface area (Å²) in [7, 11) is 0. The number of aryl methyl sites for hydroxylation is 2. The summed E-state index contributed by atoms with van der Waals surface area (Å²) in [5.74, 6) is 3.31. The summed E-state index contributed by atoms with van der Waals surface area (Å²) < 4.78 is 7.86. The molecule has 0 saturated carbocycles. The van der Waals surface area contributed by atoms with E-state index in [0.29, 0.717) is 6.04 Å². The van der Waals surface area contributed by atoms with Gasteiger partial charge in [0.2, 0.25) is 0 Å². The predicted octanol–water partition coefficient (Wildman–Crippen LogP) is 1.88. The zero-order valence-corrected chi connectivity index (χ0v) is 13.0. The van der Waals surface area contributed by atoms with Crippen molar-refractivity contribution in [1.82, 2.24) is 20.1 Å². The Morgan fingerprint density at radius 3 is 3.18 bits per heavy atom. The summed E-state index contributed by atoms with van der Waals surface area (Å²) >= 11 is 0. The fourth-order valence-electron chi connectivity index (χ4n) is 3.42. The maximum Gasteiger partial charge on any atom is 0.133 e. The van der Waals surface area contributed by atoms with E-state index in [1.807, 2.05) is 0 Å². The van der Waals surface area contributed by atoms with Gasteiger partial charge in [-0.3, -0.25) is 0 Å². The average Bonchev–Trinajstić information content (AvgIpc) is 3.18. The van der Waals surface area contributed by atoms with Crippen LogP contribution in [0.2, 0.25) is 0 Å². The maximum atomic E-state index is 5.57. The Labute approximate surface area is 130 Å². The molecule has 0 saturated heterocycles. The highest BCUT2D eigenvalue weighted by molar-refractivity contribution is 5.39. The van der Waals surface area contributed by atoms with Crippen LogP contribution in [-0.2, 0) is 32.4 Å². The minimum atomic E-state index is 0.498. The standard InChI is InChI=1S/C17H22N4O/c1-2-16-19-20-17-6-4-14(11-21(16)17)18-10-12-3-5-15-13(9-12)7-8-22-15/h3,5,9,14,18H,2,4,6-8,10-11H2,1H3. The number of rotatable bonds is 4. The fourth-order valence-corrected chi connectivity index (χ4v) is 3.42. The molecule has 0 radical (unpaired) electrons. The van der Waals surface area contributed by atoms with Crippen molar-refractivity contribution >= 4 is 0 Å². The topological polar surface area (TPSA) is 52.0 Å². The first-order valence-corrected chi connectivity index (χ1v) is 8.22. The van der Waals surface area contributed by atoms with Crippen LogP contribution in [0.15, 0.2) is 18.2 Å². The molecule has 2 aromatic rings. The van der Waals surface area contributed by atoms with Crippen molar-refractivity contribution in [2.24, 2.45) is 0 Å². The van der Waals surface area contributed by atoms with Crippen molar-refractivity contribution in [3.05, 3.63) is 41.0 Å². The molecule has 2 aliphatic heterocycles. The molecule has 4 rings (SSSR count). The van der Waals surface area contributed by atoms with Crippen LogP contribution in [0.25, 0.3) is 0 Å². The van der Waals surface area contributed by atoms with Crippen LogP contribution in [0.1, 0.15) is 36.1 Å². The van der Waals surface area contributed by atoms with Gasteiger partial charge in [-0.15, -0.1) is 10.2 Å². The highest BCUT2D eigenvalue weighted by atomic mass is 16.5. The van der Waals surface area contributed by atoms with Crippen molar-refractivity contribution in [3.8, 4) is 5.75 Å². The number of fused-ring (bicyclic) bond motifs is 2. The van der Waals surface area contributed by atoms with Crippen molar-refractivity contribution < 1.29 is 4.74 Å². The van der Waals surface area contributed by atoms with Gasteiger partial charge < -0.3 is 14.6 Å². The molecule has 0 aliphatic carbocycles. The quantitative estimate of drug-likeness (QED) is 0.936. The molecule has 5 heteroatoms. The maximum absolute atomic E-state index is 5.57. The molecular formula is C17H22N4O. The SMILES string of the molecule is CCc1nnc2n1CC(NCc1ccc3c(c1)CCO3)CC2. The van der Waals surface area contributed by atoms with Gasteiger partial charge in [0, 0.05) is 38.4 Å². The number of hydrogen-bond donors (Lipinski definition) is 1. The van der Waals surface area contributed by atoms with Gasteiger partial charge in [-0.2, -0.15) is 0 Å². The Morgan fingerprint density at radius 1 is 1.32 bits per heavy atom. The minimum Gasteiger partial charge on any atom is -0.493 e. The van der Waals surface area contributed by atoms with Crippen molar-refractivity contribution in [2.45, 2.75) is 51.7 Å². The van der Waals surface area contributed by atoms with Crippen LogP contribution in [0.4, 0.5) is 0 Å². The number of hydrogen-bond acceptors (Lipinski definition) is 4. The van der Waals surface area contributed by atoms with Crippen LogP contribution < -0.4 is 10.1 Å². The Balaban J connectivity index is 1.40. The van der Waals surface area contributed by atoms with Crippen LogP contribution in [0.5, 0.6) is 5.75 Å². The van der Waals surface area contributed by atoms with Gasteiger partial charge in [0.05, 0.1) is 6.61 Å². The third kappa shape index (κ3) is 2.50. The summed E-state index contributed by atoms with van der Waals surface area (Å²) in [6.45, 7) is 4.86. The zero-order valence-electron chi connectivity index (χ0n) is 13.0. The van der Waals surface area contributed by atoms with Crippen molar-refractivity contribution in [1.29, 1.82) is 0 Å². The van der Waals surface area contributed by atoms with Crippen LogP contribution in [0, 0.1) is 0 Å². The molecule has 0 bridgehead atoms. The van der Waals surface area contributed by atoms with E-state index in [1.165, 1.54) is 11.1 Å². The molecule has 3 heterocycles. The Bertz CT molecular complexity index is 666. The Hall–Kier alpha value is -1.88. The van der Waals surface area contributed by atoms with Gasteiger partial charge in [-0.25, -0.2) is 0 Å². The van der Waals surface area contributed by atoms with Crippen molar-refractivity contribution in [2.75, 3.05) is 6.61 Å². The lowest BCUT2D eigenvalue weighted by molar-refractivity contribution is 0.356. The summed E-state index contributed by atoms with van der Waals surface area (Å²) in [4.78, 5) is 0. The third-order valence-corrected chi connectivity index (χ3v) is 4.69. The molecule has 0 amide bonds. The van der Waals surface area contributed by atoms with E-state index in [9.17, 15) is 0 Å². The van der Waals surface area contributed by atoms with Gasteiger partial charge in [-0.1, -0.05) is 19.1 Å². The first-order chi connectivity index (χ1) is 10.8. The molecule has 2 aliphatic rings. The second kappa shape index (κ2) is 5.72. The lowest BCUT2D eigenvalue weighted by Crippen LogP contribution is -2.37. The van der Waals surface area contributed by atoms with Crippen LogP contribution in [0.3, 0.4) is 0 Å². The number of nitrogens with one attached hydrogen (secondary N) is 1. The van der Waals surface area contributed by atoms with Crippen molar-refractivity contribution in [3.63, 3.8) is 0 Å². The van der Waals surface area contributed by atoms with E-state index in [4.69, 9.17) is 4.74 Å². The lowest BCUT2D eigenvalue weighted by atomic mass is 10.1. The molecule has 1 unspecified atom stereocenters. The first-order valence-electron chi connectivity index (χ1n) is 8.22. The van der Waals surface area contributed by atoms with Gasteiger partial charge in [0.25, 0.3) is 0 Å². The molecule has 5 nitrogen and oxygen atoms in total. The summed E-state index contributed by atoms with van der Waals surface area (Å²) in [5.41, 5.74) is 2.69. The monoisotopic (exact) mass is 298 g/mol. The highest BCUT2D eigenvalue weighted by Crippen LogP contribution is 2.26. The largest absolute Gasteiger partial charge is 0.493 e. The molecule has 1 N–H and O–H groups in total. The Morgan fingerprint density at radius 2 is 2.27 bits per heavy atom. The van der Waals surface area contributed by atoms with E-state index in [-0.39, 0.29) is 0 Å². The van der Waals surface area contributed by atoms with Gasteiger partial charge in [0.1, 0.15) is 17.4 Å². The molecule has 0 spiro atoms. The lowest BCUT2D eigenvalue weighted by Gasteiger charge is -2.25. The molecule has 22 heavy (non-hydrogen) atoms. The number of ether oxygens (including phenoxy) is 1. The second-order valence-electron chi connectivity index (χ2n) is 6.15. The zero-order chi connectivity index (χ0) is 14.9. The van der Waals surface area contributed by atoms with Gasteiger partial charge >= 0.3 is 0 Å². The average molecular weight is 298 g/mol. The number of aromatic nitrogens is 3. The first kappa shape index (κ1) is 13.8. The van der Waals surface area contributed by atoms with Gasteiger partial charge in [0.15, 0.2) is 0 Å². The molecule has 1 aromatic heterocycles. The summed E-state index contributed by atoms with van der Waals surface area (Å²) in [6.07, 6.45) is 4.14. The highest BCUT2D eigenvalue weighted by Gasteiger charge is 2.22. The molecule has 116 valence electrons. The third-order valence-electron chi connectivity index (χ3n) is 4.69. The number of nitrogens with zero attached hydrogens (tertiary/aromatic N) is 3. The van der Waals surface area contributed by atoms with E-state index in [1.54, 1.807) is 0 Å².